The van der Waals surface area contributed by atoms with E-state index in [9.17, 15) is 0 Å². The van der Waals surface area contributed by atoms with E-state index >= 15 is 0 Å². The van der Waals surface area contributed by atoms with E-state index in [0.29, 0.717) is 0 Å². The monoisotopic (exact) mass is 521 g/mol. The first-order valence-corrected chi connectivity index (χ1v) is 16.4. The van der Waals surface area contributed by atoms with Crippen molar-refractivity contribution in [3.63, 3.8) is 0 Å². The van der Waals surface area contributed by atoms with Crippen LogP contribution in [-0.2, 0) is 31.4 Å². The number of rotatable bonds is 2. The second-order valence-corrected chi connectivity index (χ2v) is 15.2. The van der Waals surface area contributed by atoms with Crippen LogP contribution in [0.25, 0.3) is 17.2 Å². The average Bonchev–Trinajstić information content (AvgIpc) is 3.36. The van der Waals surface area contributed by atoms with Gasteiger partial charge in [0.15, 0.2) is 0 Å². The fourth-order valence-electron chi connectivity index (χ4n) is 4.66. The minimum atomic E-state index is -2.36. The molecule has 3 aliphatic rings. The number of fused-ring (bicyclic) bond motifs is 6. The van der Waals surface area contributed by atoms with Crippen molar-refractivity contribution in [1.82, 2.24) is 0 Å². The zero-order valence-electron chi connectivity index (χ0n) is 14.9. The van der Waals surface area contributed by atoms with Crippen molar-refractivity contribution in [2.75, 3.05) is 0 Å². The Kier molecular flexibility index (Phi) is 4.12. The van der Waals surface area contributed by atoms with Gasteiger partial charge in [0.05, 0.1) is 0 Å². The third kappa shape index (κ3) is 2.54. The van der Waals surface area contributed by atoms with E-state index in [1.165, 1.54) is 45.5 Å². The summed E-state index contributed by atoms with van der Waals surface area (Å²) in [6.07, 6.45) is 5.47. The van der Waals surface area contributed by atoms with Crippen LogP contribution in [0.2, 0.25) is 0 Å². The number of hydrogen-bond donors (Lipinski definition) is 1. The molecule has 0 amide bonds. The number of benzene rings is 3. The third-order valence-electron chi connectivity index (χ3n) is 5.88. The quantitative estimate of drug-likeness (QED) is 0.348. The van der Waals surface area contributed by atoms with Gasteiger partial charge in [-0.3, -0.25) is 0 Å². The average molecular weight is 524 g/mol. The summed E-state index contributed by atoms with van der Waals surface area (Å²) in [4.78, 5) is 0. The Labute approximate surface area is 184 Å². The number of ether oxygens (including phenoxy) is 1. The second-order valence-electron chi connectivity index (χ2n) is 7.42. The number of hydrogen-bond acceptors (Lipinski definition) is 2. The van der Waals surface area contributed by atoms with Gasteiger partial charge in [-0.05, 0) is 0 Å². The molecule has 3 aromatic carbocycles. The molecule has 0 fully saturated rings. The molecule has 1 heterocycles. The van der Waals surface area contributed by atoms with Crippen LogP contribution < -0.4 is 6.54 Å². The summed E-state index contributed by atoms with van der Waals surface area (Å²) in [6, 6.07) is 22.3. The molecule has 0 bridgehead atoms. The Morgan fingerprint density at radius 3 is 2.61 bits per heavy atom. The Hall–Kier alpha value is -1.35. The molecule has 0 saturated heterocycles. The van der Waals surface area contributed by atoms with Gasteiger partial charge in [-0.1, -0.05) is 0 Å². The van der Waals surface area contributed by atoms with Crippen LogP contribution in [0.4, 0.5) is 0 Å². The van der Waals surface area contributed by atoms with Gasteiger partial charge in [-0.2, -0.15) is 0 Å². The predicted octanol–water partition coefficient (Wildman–Crippen LogP) is 5.38. The van der Waals surface area contributed by atoms with Crippen molar-refractivity contribution in [2.24, 2.45) is 0 Å². The van der Waals surface area contributed by atoms with E-state index in [-0.39, 0.29) is 6.10 Å². The molecule has 3 aromatic rings. The van der Waals surface area contributed by atoms with Crippen molar-refractivity contribution in [1.29, 1.82) is 0 Å². The fraction of sp³-hybridized carbons (Fsp3) is 0.0833. The molecule has 0 spiro atoms. The van der Waals surface area contributed by atoms with Crippen molar-refractivity contribution < 1.29 is 25.0 Å². The standard InChI is InChI=1S/C13H9.C11H6BrO.H2S.Zr/c1-3-7-12-10(5-1)9-11-6-2-4-8-13(11)12;12-10-6-8-5-7-3-1-2-4-9(7)11(8)13-10;;/h1-7H,9H2;1-2,4-6,11H;1H2;/q;;;+1/p-1. The Balaban J connectivity index is 1.50. The van der Waals surface area contributed by atoms with Gasteiger partial charge in [0.2, 0.25) is 0 Å². The number of halogens is 1. The van der Waals surface area contributed by atoms with E-state index in [2.05, 4.69) is 88.7 Å². The van der Waals surface area contributed by atoms with Gasteiger partial charge in [0, 0.05) is 0 Å². The van der Waals surface area contributed by atoms with Crippen molar-refractivity contribution in [2.45, 2.75) is 12.5 Å². The minimum absolute atomic E-state index is 0.0380. The van der Waals surface area contributed by atoms with E-state index in [4.69, 9.17) is 14.1 Å². The van der Waals surface area contributed by atoms with E-state index in [0.717, 1.165) is 11.1 Å². The summed E-state index contributed by atoms with van der Waals surface area (Å²) >= 11 is 1.11. The first-order chi connectivity index (χ1) is 13.7. The Bertz CT molecular complexity index is 1210. The summed E-state index contributed by atoms with van der Waals surface area (Å²) in [6.45, 7) is 0. The SMILES string of the molecule is [SH][Zr]([c]1cccc2c1C=C1C=C(Br)OC12)[c]1cccc2c1-c1ccccc1C2. The van der Waals surface area contributed by atoms with Gasteiger partial charge >= 0.3 is 186 Å². The predicted molar refractivity (Wildman–Crippen MR) is 118 cm³/mol. The number of thiol groups is 1. The molecule has 1 nitrogen and oxygen atoms in total. The van der Waals surface area contributed by atoms with Gasteiger partial charge in [-0.15, -0.1) is 0 Å². The normalized spacial score (nSPS) is 17.9. The molecule has 4 heteroatoms. The topological polar surface area (TPSA) is 9.23 Å². The Morgan fingerprint density at radius 2 is 1.68 bits per heavy atom. The maximum absolute atomic E-state index is 5.98. The second kappa shape index (κ2) is 6.59. The summed E-state index contributed by atoms with van der Waals surface area (Å²) in [7, 11) is 5.32. The third-order valence-corrected chi connectivity index (χ3v) is 13.7. The summed E-state index contributed by atoms with van der Waals surface area (Å²) in [5, 5.41) is 0. The maximum atomic E-state index is 5.98. The first kappa shape index (κ1) is 17.5. The van der Waals surface area contributed by atoms with Crippen molar-refractivity contribution in [3.8, 4) is 11.1 Å². The van der Waals surface area contributed by atoms with Crippen LogP contribution in [0.3, 0.4) is 0 Å². The van der Waals surface area contributed by atoms with E-state index in [1.54, 1.807) is 0 Å². The molecule has 0 radical (unpaired) electrons. The van der Waals surface area contributed by atoms with Crippen LogP contribution in [0.1, 0.15) is 28.4 Å². The summed E-state index contributed by atoms with van der Waals surface area (Å²) < 4.78 is 9.72. The summed E-state index contributed by atoms with van der Waals surface area (Å²) in [5.41, 5.74) is 9.59. The van der Waals surface area contributed by atoms with Crippen LogP contribution >= 0.6 is 25.3 Å². The van der Waals surface area contributed by atoms with Gasteiger partial charge in [0.25, 0.3) is 0 Å². The molecule has 1 atom stereocenters. The van der Waals surface area contributed by atoms with Gasteiger partial charge < -0.3 is 0 Å². The summed E-state index contributed by atoms with van der Waals surface area (Å²) in [5.74, 6) is 0. The molecule has 1 unspecified atom stereocenters. The molecular weight excluding hydrogens is 507 g/mol. The molecule has 6 rings (SSSR count). The van der Waals surface area contributed by atoms with Crippen LogP contribution in [-0.4, -0.2) is 0 Å². The first-order valence-electron chi connectivity index (χ1n) is 9.36. The zero-order valence-corrected chi connectivity index (χ0v) is 19.9. The molecule has 0 N–H and O–H groups in total. The van der Waals surface area contributed by atoms with Crippen LogP contribution in [0.5, 0.6) is 0 Å². The Morgan fingerprint density at radius 1 is 0.893 bits per heavy atom. The van der Waals surface area contributed by atoms with Crippen LogP contribution in [0.15, 0.2) is 77.0 Å². The van der Waals surface area contributed by atoms with Gasteiger partial charge in [0.1, 0.15) is 0 Å². The molecule has 1 aliphatic heterocycles. The molecule has 28 heavy (non-hydrogen) atoms. The van der Waals surface area contributed by atoms with Gasteiger partial charge in [-0.25, -0.2) is 0 Å². The zero-order chi connectivity index (χ0) is 18.8. The molecule has 0 saturated carbocycles. The van der Waals surface area contributed by atoms with E-state index < -0.39 is 20.3 Å². The molecule has 2 aliphatic carbocycles. The van der Waals surface area contributed by atoms with Crippen molar-refractivity contribution in [3.05, 3.63) is 99.2 Å². The molecular formula is C24H16BrOSZr. The molecule has 0 aromatic heterocycles. The van der Waals surface area contributed by atoms with E-state index in [1.807, 2.05) is 0 Å². The van der Waals surface area contributed by atoms with Crippen LogP contribution in [0, 0.1) is 0 Å². The fourth-order valence-corrected chi connectivity index (χ4v) is 11.8. The molecule has 135 valence electrons. The van der Waals surface area contributed by atoms with Crippen molar-refractivity contribution >= 4 is 37.9 Å².